The number of hydrogen-bond donors (Lipinski definition) is 0. The number of alkyl halides is 3. The van der Waals surface area contributed by atoms with Crippen LogP contribution in [0.4, 0.5) is 13.2 Å². The molecule has 0 aromatic carbocycles. The molecule has 1 aliphatic heterocycles. The van der Waals surface area contributed by atoms with Crippen LogP contribution in [0.25, 0.3) is 0 Å². The standard InChI is InChI=1S/C11H18F3N/c12-11(13,14)9-5-7-15(8-6-9)10-3-1-2-4-10/h9-10H,1-8H2. The Morgan fingerprint density at radius 2 is 1.40 bits per heavy atom. The molecule has 15 heavy (non-hydrogen) atoms. The molecule has 0 N–H and O–H groups in total. The zero-order chi connectivity index (χ0) is 10.9. The van der Waals surface area contributed by atoms with Crippen molar-refractivity contribution in [3.63, 3.8) is 0 Å². The van der Waals surface area contributed by atoms with Crippen LogP contribution < -0.4 is 0 Å². The third-order valence-electron chi connectivity index (χ3n) is 3.83. The lowest BCUT2D eigenvalue weighted by Gasteiger charge is -2.36. The van der Waals surface area contributed by atoms with Gasteiger partial charge in [0.1, 0.15) is 0 Å². The summed E-state index contributed by atoms with van der Waals surface area (Å²) in [6.07, 6.45) is 1.53. The molecule has 1 aliphatic carbocycles. The van der Waals surface area contributed by atoms with E-state index in [0.717, 1.165) is 0 Å². The van der Waals surface area contributed by atoms with Crippen molar-refractivity contribution in [2.75, 3.05) is 13.1 Å². The van der Waals surface area contributed by atoms with Crippen molar-refractivity contribution in [2.24, 2.45) is 5.92 Å². The first kappa shape index (κ1) is 11.2. The van der Waals surface area contributed by atoms with Crippen LogP contribution in [0, 0.1) is 5.92 Å². The second-order valence-corrected chi connectivity index (χ2v) is 4.79. The van der Waals surface area contributed by atoms with Crippen molar-refractivity contribution in [2.45, 2.75) is 50.7 Å². The molecule has 0 unspecified atom stereocenters. The van der Waals surface area contributed by atoms with Crippen molar-refractivity contribution in [1.29, 1.82) is 0 Å². The zero-order valence-corrected chi connectivity index (χ0v) is 8.89. The number of rotatable bonds is 1. The maximum absolute atomic E-state index is 12.4. The first-order chi connectivity index (χ1) is 7.07. The van der Waals surface area contributed by atoms with Gasteiger partial charge < -0.3 is 4.90 Å². The number of piperidine rings is 1. The summed E-state index contributed by atoms with van der Waals surface area (Å²) in [7, 11) is 0. The van der Waals surface area contributed by atoms with Crippen molar-refractivity contribution in [1.82, 2.24) is 4.90 Å². The van der Waals surface area contributed by atoms with E-state index in [2.05, 4.69) is 4.90 Å². The Hall–Kier alpha value is -0.250. The fourth-order valence-electron chi connectivity index (χ4n) is 2.86. The summed E-state index contributed by atoms with van der Waals surface area (Å²) in [5.74, 6) is -1.05. The molecule has 1 heterocycles. The number of halogens is 3. The summed E-state index contributed by atoms with van der Waals surface area (Å²) in [5, 5.41) is 0. The van der Waals surface area contributed by atoms with E-state index in [-0.39, 0.29) is 0 Å². The Kier molecular flexibility index (Phi) is 3.24. The molecule has 0 aromatic heterocycles. The van der Waals surface area contributed by atoms with Gasteiger partial charge in [-0.15, -0.1) is 0 Å². The molecule has 0 spiro atoms. The molecule has 88 valence electrons. The van der Waals surface area contributed by atoms with Crippen LogP contribution >= 0.6 is 0 Å². The first-order valence-corrected chi connectivity index (χ1v) is 5.88. The van der Waals surface area contributed by atoms with Crippen LogP contribution in [0.5, 0.6) is 0 Å². The Balaban J connectivity index is 1.81. The third-order valence-corrected chi connectivity index (χ3v) is 3.83. The van der Waals surface area contributed by atoms with E-state index in [1.54, 1.807) is 0 Å². The van der Waals surface area contributed by atoms with E-state index in [1.165, 1.54) is 25.7 Å². The first-order valence-electron chi connectivity index (χ1n) is 5.88. The molecule has 2 rings (SSSR count). The molecule has 1 nitrogen and oxygen atoms in total. The summed E-state index contributed by atoms with van der Waals surface area (Å²) in [6, 6.07) is 0.583. The molecule has 1 saturated heterocycles. The second kappa shape index (κ2) is 4.32. The van der Waals surface area contributed by atoms with Gasteiger partial charge in [0.2, 0.25) is 0 Å². The molecule has 0 amide bonds. The van der Waals surface area contributed by atoms with E-state index in [4.69, 9.17) is 0 Å². The van der Waals surface area contributed by atoms with E-state index in [9.17, 15) is 13.2 Å². The molecule has 4 heteroatoms. The fourth-order valence-corrected chi connectivity index (χ4v) is 2.86. The minimum atomic E-state index is -3.97. The van der Waals surface area contributed by atoms with Gasteiger partial charge in [-0.2, -0.15) is 13.2 Å². The highest BCUT2D eigenvalue weighted by molar-refractivity contribution is 4.83. The van der Waals surface area contributed by atoms with Crippen molar-refractivity contribution < 1.29 is 13.2 Å². The van der Waals surface area contributed by atoms with Crippen LogP contribution in [0.3, 0.4) is 0 Å². The molecule has 0 bridgehead atoms. The highest BCUT2D eigenvalue weighted by Gasteiger charge is 2.41. The summed E-state index contributed by atoms with van der Waals surface area (Å²) in [6.45, 7) is 1.30. The molecule has 2 aliphatic rings. The largest absolute Gasteiger partial charge is 0.391 e. The van der Waals surface area contributed by atoms with Gasteiger partial charge in [-0.25, -0.2) is 0 Å². The zero-order valence-electron chi connectivity index (χ0n) is 8.89. The maximum atomic E-state index is 12.4. The van der Waals surface area contributed by atoms with Gasteiger partial charge in [0.25, 0.3) is 0 Å². The predicted molar refractivity (Wildman–Crippen MR) is 52.6 cm³/mol. The SMILES string of the molecule is FC(F)(F)C1CCN(C2CCCC2)CC1. The van der Waals surface area contributed by atoms with Gasteiger partial charge in [0, 0.05) is 6.04 Å². The molecule has 0 radical (unpaired) electrons. The van der Waals surface area contributed by atoms with Gasteiger partial charge in [-0.3, -0.25) is 0 Å². The van der Waals surface area contributed by atoms with Crippen LogP contribution in [0.2, 0.25) is 0 Å². The van der Waals surface area contributed by atoms with Crippen LogP contribution in [-0.2, 0) is 0 Å². The maximum Gasteiger partial charge on any atom is 0.391 e. The monoisotopic (exact) mass is 221 g/mol. The topological polar surface area (TPSA) is 3.24 Å². The normalized spacial score (nSPS) is 27.4. The molecule has 2 fully saturated rings. The average Bonchev–Trinajstić information content (AvgIpc) is 2.69. The Labute approximate surface area is 88.6 Å². The Bertz CT molecular complexity index is 200. The lowest BCUT2D eigenvalue weighted by atomic mass is 9.95. The lowest BCUT2D eigenvalue weighted by molar-refractivity contribution is -0.186. The highest BCUT2D eigenvalue weighted by Crippen LogP contribution is 2.36. The summed E-state index contributed by atoms with van der Waals surface area (Å²) in [4.78, 5) is 2.27. The Morgan fingerprint density at radius 1 is 0.867 bits per heavy atom. The van der Waals surface area contributed by atoms with E-state index in [1.807, 2.05) is 0 Å². The number of nitrogens with zero attached hydrogens (tertiary/aromatic N) is 1. The highest BCUT2D eigenvalue weighted by atomic mass is 19.4. The molecule has 0 aromatic rings. The average molecular weight is 221 g/mol. The predicted octanol–water partition coefficient (Wildman–Crippen LogP) is 3.20. The molecular formula is C11H18F3N. The molecular weight excluding hydrogens is 203 g/mol. The van der Waals surface area contributed by atoms with E-state index < -0.39 is 12.1 Å². The lowest BCUT2D eigenvalue weighted by Crippen LogP contribution is -2.43. The molecule has 1 saturated carbocycles. The second-order valence-electron chi connectivity index (χ2n) is 4.79. The number of hydrogen-bond acceptors (Lipinski definition) is 1. The van der Waals surface area contributed by atoms with Crippen molar-refractivity contribution in [3.8, 4) is 0 Å². The fraction of sp³-hybridized carbons (Fsp3) is 1.00. The van der Waals surface area contributed by atoms with E-state index in [0.29, 0.717) is 32.0 Å². The van der Waals surface area contributed by atoms with Crippen molar-refractivity contribution in [3.05, 3.63) is 0 Å². The Morgan fingerprint density at radius 3 is 1.87 bits per heavy atom. The quantitative estimate of drug-likeness (QED) is 0.657. The van der Waals surface area contributed by atoms with Crippen LogP contribution in [-0.4, -0.2) is 30.2 Å². The van der Waals surface area contributed by atoms with Gasteiger partial charge in [-0.05, 0) is 38.8 Å². The summed E-state index contributed by atoms with van der Waals surface area (Å²) >= 11 is 0. The van der Waals surface area contributed by atoms with Gasteiger partial charge in [0.15, 0.2) is 0 Å². The third kappa shape index (κ3) is 2.65. The summed E-state index contributed by atoms with van der Waals surface area (Å²) < 4.78 is 37.3. The minimum Gasteiger partial charge on any atom is -0.300 e. The van der Waals surface area contributed by atoms with Crippen LogP contribution in [0.1, 0.15) is 38.5 Å². The molecule has 0 atom stereocenters. The van der Waals surface area contributed by atoms with E-state index >= 15 is 0 Å². The summed E-state index contributed by atoms with van der Waals surface area (Å²) in [5.41, 5.74) is 0. The van der Waals surface area contributed by atoms with Gasteiger partial charge in [-0.1, -0.05) is 12.8 Å². The van der Waals surface area contributed by atoms with Gasteiger partial charge >= 0.3 is 6.18 Å². The van der Waals surface area contributed by atoms with Crippen LogP contribution in [0.15, 0.2) is 0 Å². The minimum absolute atomic E-state index is 0.306. The number of likely N-dealkylation sites (tertiary alicyclic amines) is 1. The van der Waals surface area contributed by atoms with Gasteiger partial charge in [0.05, 0.1) is 5.92 Å². The van der Waals surface area contributed by atoms with Crippen molar-refractivity contribution >= 4 is 0 Å². The smallest absolute Gasteiger partial charge is 0.300 e.